The Morgan fingerprint density at radius 1 is 1.07 bits per heavy atom. The van der Waals surface area contributed by atoms with E-state index in [1.807, 2.05) is 74.3 Å². The number of nitrogens with zero attached hydrogens (tertiary/aromatic N) is 2. The summed E-state index contributed by atoms with van der Waals surface area (Å²) in [6, 6.07) is 23.7. The summed E-state index contributed by atoms with van der Waals surface area (Å²) in [5.74, 6) is 0.665. The van der Waals surface area contributed by atoms with Crippen molar-refractivity contribution in [2.45, 2.75) is 58.2 Å². The van der Waals surface area contributed by atoms with Crippen molar-refractivity contribution in [1.82, 2.24) is 10.2 Å². The van der Waals surface area contributed by atoms with Crippen molar-refractivity contribution in [2.75, 3.05) is 14.2 Å². The molecule has 208 valence electrons. The van der Waals surface area contributed by atoms with Gasteiger partial charge in [0, 0.05) is 34.3 Å². The first-order valence-electron chi connectivity index (χ1n) is 13.9. The Kier molecular flexibility index (Phi) is 9.81. The second kappa shape index (κ2) is 13.5. The molecule has 0 saturated heterocycles. The third-order valence-electron chi connectivity index (χ3n) is 7.51. The maximum atomic E-state index is 14.0. The summed E-state index contributed by atoms with van der Waals surface area (Å²) in [5.41, 5.74) is 3.43. The summed E-state index contributed by atoms with van der Waals surface area (Å²) in [6.45, 7) is 4.43. The molecule has 1 saturated carbocycles. The van der Waals surface area contributed by atoms with Crippen LogP contribution in [0.25, 0.3) is 21.2 Å². The lowest BCUT2D eigenvalue weighted by molar-refractivity contribution is 0.0603. The number of fused-ring (bicyclic) bond motifs is 1. The van der Waals surface area contributed by atoms with Gasteiger partial charge >= 0.3 is 0 Å². The molecule has 2 N–H and O–H groups in total. The van der Waals surface area contributed by atoms with Crippen LogP contribution in [0.1, 0.15) is 60.3 Å². The maximum Gasteiger partial charge on any atom is 0.268 e. The van der Waals surface area contributed by atoms with Crippen molar-refractivity contribution < 1.29 is 14.6 Å². The number of benzene rings is 3. The van der Waals surface area contributed by atoms with Crippen molar-refractivity contribution in [3.8, 4) is 28.7 Å². The molecule has 40 heavy (non-hydrogen) atoms. The summed E-state index contributed by atoms with van der Waals surface area (Å²) >= 11 is 1.35. The zero-order valence-corrected chi connectivity index (χ0v) is 24.4. The lowest BCUT2D eigenvalue weighted by Crippen LogP contribution is -2.44. The topological polar surface area (TPSA) is 85.6 Å². The minimum atomic E-state index is -0.132. The summed E-state index contributed by atoms with van der Waals surface area (Å²) in [7, 11) is 3.63. The number of methoxy groups -OCH3 is 1. The van der Waals surface area contributed by atoms with Crippen LogP contribution in [-0.2, 0) is 6.54 Å². The Morgan fingerprint density at radius 3 is 2.40 bits per heavy atom. The number of aromatic hydroxyl groups is 1. The summed E-state index contributed by atoms with van der Waals surface area (Å²) in [6.07, 6.45) is 3.81. The highest BCUT2D eigenvalue weighted by molar-refractivity contribution is 7.21. The van der Waals surface area contributed by atoms with E-state index in [1.54, 1.807) is 19.2 Å². The van der Waals surface area contributed by atoms with Crippen molar-refractivity contribution in [3.05, 3.63) is 82.7 Å². The highest BCUT2D eigenvalue weighted by Gasteiger charge is 2.32. The van der Waals surface area contributed by atoms with Gasteiger partial charge < -0.3 is 20.1 Å². The minimum absolute atomic E-state index is 0.0671. The van der Waals surface area contributed by atoms with Crippen LogP contribution in [0.2, 0.25) is 0 Å². The largest absolute Gasteiger partial charge is 0.506 e. The summed E-state index contributed by atoms with van der Waals surface area (Å²) in [5, 5.41) is 24.2. The number of nitrogens with one attached hydrogen (secondary N) is 1. The van der Waals surface area contributed by atoms with Crippen molar-refractivity contribution in [2.24, 2.45) is 0 Å². The standard InChI is InChI=1S/C31H31N3O3S.C2H6/c1-33-23-12-14-24(15-13-23)34(31(36)30-29(35)25-5-3-4-6-28(25)38-30)19-21-9-16-27(37-2)26(17-21)22-10-7-20(18-32)8-11-22;1-2/h3-11,16-17,23-24,33,35H,12-15,19H2,1-2H3;1-2H3. The molecule has 0 aliphatic heterocycles. The van der Waals surface area contributed by atoms with E-state index in [0.717, 1.165) is 52.8 Å². The second-order valence-electron chi connectivity index (χ2n) is 9.73. The average molecular weight is 556 g/mol. The molecule has 3 aromatic carbocycles. The van der Waals surface area contributed by atoms with Gasteiger partial charge in [0.2, 0.25) is 0 Å². The van der Waals surface area contributed by atoms with E-state index in [-0.39, 0.29) is 17.7 Å². The molecule has 6 nitrogen and oxygen atoms in total. The molecule has 1 aliphatic rings. The molecule has 4 aromatic rings. The Hall–Kier alpha value is -3.86. The van der Waals surface area contributed by atoms with Gasteiger partial charge in [-0.05, 0) is 80.3 Å². The first kappa shape index (κ1) is 29.1. The fraction of sp³-hybridized carbons (Fsp3) is 0.333. The van der Waals surface area contributed by atoms with E-state index in [9.17, 15) is 15.2 Å². The normalized spacial score (nSPS) is 16.5. The van der Waals surface area contributed by atoms with Gasteiger partial charge in [0.15, 0.2) is 0 Å². The molecule has 0 unspecified atom stereocenters. The quantitative estimate of drug-likeness (QED) is 0.249. The average Bonchev–Trinajstić information content (AvgIpc) is 3.36. The lowest BCUT2D eigenvalue weighted by atomic mass is 9.89. The number of hydrogen-bond donors (Lipinski definition) is 2. The number of carbonyl (C=O) groups excluding carboxylic acids is 1. The van der Waals surface area contributed by atoms with E-state index in [2.05, 4.69) is 17.5 Å². The second-order valence-corrected chi connectivity index (χ2v) is 10.8. The van der Waals surface area contributed by atoms with Gasteiger partial charge in [0.05, 0.1) is 18.7 Å². The molecular formula is C33H37N3O3S. The Labute approximate surface area is 240 Å². The van der Waals surface area contributed by atoms with Crippen molar-refractivity contribution in [1.29, 1.82) is 5.26 Å². The molecule has 0 atom stereocenters. The maximum absolute atomic E-state index is 14.0. The van der Waals surface area contributed by atoms with Crippen LogP contribution in [0.4, 0.5) is 0 Å². The number of ether oxygens (including phenoxy) is 1. The SMILES string of the molecule is CC.CNC1CCC(N(Cc2ccc(OC)c(-c3ccc(C#N)cc3)c2)C(=O)c2sc3ccccc3c2O)CC1. The van der Waals surface area contributed by atoms with Crippen LogP contribution < -0.4 is 10.1 Å². The lowest BCUT2D eigenvalue weighted by Gasteiger charge is -2.37. The van der Waals surface area contributed by atoms with Gasteiger partial charge in [-0.3, -0.25) is 4.79 Å². The molecule has 0 bridgehead atoms. The highest BCUT2D eigenvalue weighted by Crippen LogP contribution is 2.39. The predicted octanol–water partition coefficient (Wildman–Crippen LogP) is 7.35. The zero-order valence-electron chi connectivity index (χ0n) is 23.6. The third kappa shape index (κ3) is 6.14. The zero-order chi connectivity index (χ0) is 28.6. The molecule has 1 fully saturated rings. The Morgan fingerprint density at radius 2 is 1.77 bits per heavy atom. The summed E-state index contributed by atoms with van der Waals surface area (Å²) < 4.78 is 6.54. The number of amides is 1. The van der Waals surface area contributed by atoms with Crippen LogP contribution in [0.15, 0.2) is 66.7 Å². The van der Waals surface area contributed by atoms with Crippen molar-refractivity contribution in [3.63, 3.8) is 0 Å². The number of carbonyl (C=O) groups is 1. The fourth-order valence-corrected chi connectivity index (χ4v) is 6.40. The van der Waals surface area contributed by atoms with Crippen LogP contribution in [0.3, 0.4) is 0 Å². The first-order valence-corrected chi connectivity index (χ1v) is 14.7. The van der Waals surface area contributed by atoms with Gasteiger partial charge in [-0.2, -0.15) is 5.26 Å². The third-order valence-corrected chi connectivity index (χ3v) is 8.66. The minimum Gasteiger partial charge on any atom is -0.506 e. The highest BCUT2D eigenvalue weighted by atomic mass is 32.1. The van der Waals surface area contributed by atoms with Gasteiger partial charge in [-0.15, -0.1) is 11.3 Å². The van der Waals surface area contributed by atoms with Crippen LogP contribution in [0.5, 0.6) is 11.5 Å². The van der Waals surface area contributed by atoms with Gasteiger partial charge in [-0.25, -0.2) is 0 Å². The van der Waals surface area contributed by atoms with Crippen molar-refractivity contribution >= 4 is 27.3 Å². The van der Waals surface area contributed by atoms with Crippen LogP contribution >= 0.6 is 11.3 Å². The van der Waals surface area contributed by atoms with Crippen LogP contribution in [-0.4, -0.2) is 42.2 Å². The fourth-order valence-electron chi connectivity index (χ4n) is 5.35. The Balaban J connectivity index is 0.00000181. The molecule has 0 spiro atoms. The predicted molar refractivity (Wildman–Crippen MR) is 163 cm³/mol. The van der Waals surface area contributed by atoms with E-state index >= 15 is 0 Å². The number of thiophene rings is 1. The number of rotatable bonds is 7. The molecule has 1 heterocycles. The first-order chi connectivity index (χ1) is 19.5. The number of hydrogen-bond acceptors (Lipinski definition) is 6. The van der Waals surface area contributed by atoms with Gasteiger partial charge in [-0.1, -0.05) is 44.2 Å². The van der Waals surface area contributed by atoms with E-state index in [0.29, 0.717) is 28.4 Å². The van der Waals surface area contributed by atoms with Crippen LogP contribution in [0, 0.1) is 11.3 Å². The molecule has 1 amide bonds. The molecule has 1 aliphatic carbocycles. The Bertz CT molecular complexity index is 1480. The van der Waals surface area contributed by atoms with E-state index < -0.39 is 0 Å². The summed E-state index contributed by atoms with van der Waals surface area (Å²) in [4.78, 5) is 16.4. The molecule has 5 rings (SSSR count). The molecule has 7 heteroatoms. The van der Waals surface area contributed by atoms with E-state index in [1.165, 1.54) is 11.3 Å². The van der Waals surface area contributed by atoms with E-state index in [4.69, 9.17) is 4.74 Å². The molecular weight excluding hydrogens is 518 g/mol. The molecule has 0 radical (unpaired) electrons. The number of nitriles is 1. The van der Waals surface area contributed by atoms with Gasteiger partial charge in [0.1, 0.15) is 16.4 Å². The smallest absolute Gasteiger partial charge is 0.268 e. The molecule has 1 aromatic heterocycles. The monoisotopic (exact) mass is 555 g/mol. The van der Waals surface area contributed by atoms with Gasteiger partial charge in [0.25, 0.3) is 5.91 Å².